The maximum atomic E-state index is 5.63. The van der Waals surface area contributed by atoms with Gasteiger partial charge in [0, 0.05) is 18.7 Å². The largest absolute Gasteiger partial charge is 0.378 e. The van der Waals surface area contributed by atoms with E-state index in [1.165, 1.54) is 64.2 Å². The number of ether oxygens (including phenoxy) is 1. The van der Waals surface area contributed by atoms with Crippen LogP contribution in [0.25, 0.3) is 0 Å². The Kier molecular flexibility index (Phi) is 3.95. The van der Waals surface area contributed by atoms with Gasteiger partial charge >= 0.3 is 0 Å². The molecule has 0 heterocycles. The molecule has 104 valence electrons. The molecule has 0 amide bonds. The standard InChI is InChI=1S/C16H29NO/c1-2-18-15-11-14(12-15)17-13-5-9-16(10-6-13)7-3-4-8-16/h13-15,17H,2-12H2,1H3. The lowest BCUT2D eigenvalue weighted by Gasteiger charge is -2.42. The van der Waals surface area contributed by atoms with Crippen LogP contribution in [0.2, 0.25) is 0 Å². The smallest absolute Gasteiger partial charge is 0.0604 e. The molecule has 0 aromatic rings. The first-order chi connectivity index (χ1) is 8.80. The molecule has 3 rings (SSSR count). The van der Waals surface area contributed by atoms with Crippen LogP contribution >= 0.6 is 0 Å². The second-order valence-corrected chi connectivity index (χ2v) is 6.89. The number of hydrogen-bond acceptors (Lipinski definition) is 2. The van der Waals surface area contributed by atoms with Crippen molar-refractivity contribution in [2.24, 2.45) is 5.41 Å². The molecule has 0 bridgehead atoms. The summed E-state index contributed by atoms with van der Waals surface area (Å²) in [5, 5.41) is 3.87. The average Bonchev–Trinajstić information content (AvgIpc) is 2.78. The van der Waals surface area contributed by atoms with Crippen molar-refractivity contribution in [3.8, 4) is 0 Å². The van der Waals surface area contributed by atoms with Crippen LogP contribution in [-0.4, -0.2) is 24.8 Å². The molecule has 0 radical (unpaired) electrons. The lowest BCUT2D eigenvalue weighted by molar-refractivity contribution is -0.0148. The minimum absolute atomic E-state index is 0.553. The van der Waals surface area contributed by atoms with Gasteiger partial charge in [-0.1, -0.05) is 12.8 Å². The molecule has 0 saturated heterocycles. The lowest BCUT2D eigenvalue weighted by atomic mass is 9.71. The summed E-state index contributed by atoms with van der Waals surface area (Å²) in [6.07, 6.45) is 14.9. The minimum Gasteiger partial charge on any atom is -0.378 e. The van der Waals surface area contributed by atoms with Crippen molar-refractivity contribution in [1.29, 1.82) is 0 Å². The summed E-state index contributed by atoms with van der Waals surface area (Å²) in [4.78, 5) is 0. The Morgan fingerprint density at radius 3 is 2.28 bits per heavy atom. The fraction of sp³-hybridized carbons (Fsp3) is 1.00. The van der Waals surface area contributed by atoms with Crippen LogP contribution in [-0.2, 0) is 4.74 Å². The Bertz CT molecular complexity index is 256. The summed E-state index contributed by atoms with van der Waals surface area (Å²) in [6.45, 7) is 2.98. The van der Waals surface area contributed by atoms with E-state index in [4.69, 9.17) is 4.74 Å². The third-order valence-electron chi connectivity index (χ3n) is 5.68. The third kappa shape index (κ3) is 2.75. The zero-order valence-corrected chi connectivity index (χ0v) is 11.9. The van der Waals surface area contributed by atoms with E-state index < -0.39 is 0 Å². The first-order valence-electron chi connectivity index (χ1n) is 8.17. The Balaban J connectivity index is 1.36. The molecule has 3 aliphatic carbocycles. The molecule has 2 heteroatoms. The van der Waals surface area contributed by atoms with E-state index in [1.54, 1.807) is 0 Å². The van der Waals surface area contributed by atoms with Crippen LogP contribution in [0.3, 0.4) is 0 Å². The van der Waals surface area contributed by atoms with Gasteiger partial charge in [0.2, 0.25) is 0 Å². The van der Waals surface area contributed by atoms with Crippen molar-refractivity contribution in [3.63, 3.8) is 0 Å². The van der Waals surface area contributed by atoms with Gasteiger partial charge < -0.3 is 10.1 Å². The predicted molar refractivity (Wildman–Crippen MR) is 74.7 cm³/mol. The van der Waals surface area contributed by atoms with Gasteiger partial charge in [0.1, 0.15) is 0 Å². The van der Waals surface area contributed by atoms with Gasteiger partial charge in [0.15, 0.2) is 0 Å². The van der Waals surface area contributed by atoms with Crippen molar-refractivity contribution in [2.45, 2.75) is 89.3 Å². The zero-order valence-electron chi connectivity index (χ0n) is 11.9. The number of rotatable bonds is 4. The Morgan fingerprint density at radius 2 is 1.67 bits per heavy atom. The molecule has 1 spiro atoms. The van der Waals surface area contributed by atoms with Crippen LogP contribution in [0.4, 0.5) is 0 Å². The van der Waals surface area contributed by atoms with Crippen LogP contribution in [0, 0.1) is 5.41 Å². The summed E-state index contributed by atoms with van der Waals surface area (Å²) < 4.78 is 5.63. The van der Waals surface area contributed by atoms with Gasteiger partial charge in [-0.05, 0) is 63.7 Å². The highest BCUT2D eigenvalue weighted by atomic mass is 16.5. The van der Waals surface area contributed by atoms with E-state index in [9.17, 15) is 0 Å². The fourth-order valence-corrected chi connectivity index (χ4v) is 4.43. The van der Waals surface area contributed by atoms with Crippen molar-refractivity contribution < 1.29 is 4.74 Å². The highest BCUT2D eigenvalue weighted by Gasteiger charge is 2.39. The molecule has 3 fully saturated rings. The Labute approximate surface area is 112 Å². The third-order valence-corrected chi connectivity index (χ3v) is 5.68. The maximum absolute atomic E-state index is 5.63. The maximum Gasteiger partial charge on any atom is 0.0604 e. The molecule has 2 nitrogen and oxygen atoms in total. The molecule has 1 N–H and O–H groups in total. The first kappa shape index (κ1) is 12.9. The monoisotopic (exact) mass is 251 g/mol. The topological polar surface area (TPSA) is 21.3 Å². The molecular formula is C16H29NO. The van der Waals surface area contributed by atoms with Gasteiger partial charge in [-0.15, -0.1) is 0 Å². The van der Waals surface area contributed by atoms with E-state index in [0.29, 0.717) is 6.10 Å². The number of hydrogen-bond donors (Lipinski definition) is 1. The van der Waals surface area contributed by atoms with E-state index in [-0.39, 0.29) is 0 Å². The minimum atomic E-state index is 0.553. The Morgan fingerprint density at radius 1 is 1.00 bits per heavy atom. The number of nitrogens with one attached hydrogen (secondary N) is 1. The van der Waals surface area contributed by atoms with Crippen LogP contribution in [0.5, 0.6) is 0 Å². The molecule has 0 aromatic carbocycles. The van der Waals surface area contributed by atoms with Gasteiger partial charge in [0.05, 0.1) is 6.10 Å². The molecule has 0 unspecified atom stereocenters. The summed E-state index contributed by atoms with van der Waals surface area (Å²) >= 11 is 0. The highest BCUT2D eigenvalue weighted by molar-refractivity contribution is 4.94. The summed E-state index contributed by atoms with van der Waals surface area (Å²) in [5.41, 5.74) is 0.783. The molecule has 3 aliphatic rings. The quantitative estimate of drug-likeness (QED) is 0.823. The molecule has 0 atom stereocenters. The summed E-state index contributed by atoms with van der Waals surface area (Å²) in [7, 11) is 0. The van der Waals surface area contributed by atoms with Crippen molar-refractivity contribution in [1.82, 2.24) is 5.32 Å². The first-order valence-corrected chi connectivity index (χ1v) is 8.17. The van der Waals surface area contributed by atoms with Gasteiger partial charge in [-0.3, -0.25) is 0 Å². The van der Waals surface area contributed by atoms with E-state index >= 15 is 0 Å². The van der Waals surface area contributed by atoms with Crippen LogP contribution in [0.15, 0.2) is 0 Å². The van der Waals surface area contributed by atoms with Crippen molar-refractivity contribution >= 4 is 0 Å². The molecular weight excluding hydrogens is 222 g/mol. The van der Waals surface area contributed by atoms with Crippen molar-refractivity contribution in [2.75, 3.05) is 6.61 Å². The lowest BCUT2D eigenvalue weighted by Crippen LogP contribution is -2.50. The summed E-state index contributed by atoms with van der Waals surface area (Å²) in [5.74, 6) is 0. The molecule has 0 aromatic heterocycles. The zero-order chi connectivity index (χ0) is 12.4. The van der Waals surface area contributed by atoms with Crippen LogP contribution < -0.4 is 5.32 Å². The second kappa shape index (κ2) is 5.50. The predicted octanol–water partition coefficient (Wildman–Crippen LogP) is 3.65. The average molecular weight is 251 g/mol. The van der Waals surface area contributed by atoms with Gasteiger partial charge in [-0.2, -0.15) is 0 Å². The van der Waals surface area contributed by atoms with Gasteiger partial charge in [0.25, 0.3) is 0 Å². The second-order valence-electron chi connectivity index (χ2n) is 6.89. The van der Waals surface area contributed by atoms with Gasteiger partial charge in [-0.25, -0.2) is 0 Å². The highest BCUT2D eigenvalue weighted by Crippen LogP contribution is 2.49. The summed E-state index contributed by atoms with van der Waals surface area (Å²) in [6, 6.07) is 1.56. The Hall–Kier alpha value is -0.0800. The van der Waals surface area contributed by atoms with E-state index in [2.05, 4.69) is 12.2 Å². The fourth-order valence-electron chi connectivity index (χ4n) is 4.43. The van der Waals surface area contributed by atoms with Crippen LogP contribution in [0.1, 0.15) is 71.1 Å². The van der Waals surface area contributed by atoms with E-state index in [0.717, 1.165) is 24.1 Å². The SMILES string of the molecule is CCOC1CC(NC2CCC3(CCCC3)CC2)C1. The molecule has 18 heavy (non-hydrogen) atoms. The molecule has 3 saturated carbocycles. The normalized spacial score (nSPS) is 35.8. The van der Waals surface area contributed by atoms with Crippen molar-refractivity contribution in [3.05, 3.63) is 0 Å². The molecule has 0 aliphatic heterocycles. The van der Waals surface area contributed by atoms with E-state index in [1.807, 2.05) is 0 Å².